The van der Waals surface area contributed by atoms with Crippen molar-refractivity contribution in [1.29, 1.82) is 0 Å². The first-order valence-electron chi connectivity index (χ1n) is 9.85. The van der Waals surface area contributed by atoms with Crippen molar-refractivity contribution in [1.82, 2.24) is 14.5 Å². The molecule has 0 saturated heterocycles. The Morgan fingerprint density at radius 2 is 1.93 bits per heavy atom. The van der Waals surface area contributed by atoms with Gasteiger partial charge in [-0.3, -0.25) is 14.3 Å². The predicted molar refractivity (Wildman–Crippen MR) is 117 cm³/mol. The van der Waals surface area contributed by atoms with E-state index < -0.39 is 0 Å². The molecular formula is C22H29N3O2S. The number of aryl methyl sites for hydroxylation is 3. The van der Waals surface area contributed by atoms with E-state index in [1.54, 1.807) is 15.9 Å². The second-order valence-electron chi connectivity index (χ2n) is 7.07. The van der Waals surface area contributed by atoms with Crippen LogP contribution < -0.4 is 10.3 Å². The zero-order valence-electron chi connectivity index (χ0n) is 17.4. The molecule has 0 saturated carbocycles. The van der Waals surface area contributed by atoms with Gasteiger partial charge in [0, 0.05) is 4.88 Å². The number of fused-ring (bicyclic) bond motifs is 1. The molecule has 0 amide bonds. The predicted octanol–water partition coefficient (Wildman–Crippen LogP) is 4.30. The summed E-state index contributed by atoms with van der Waals surface area (Å²) in [4.78, 5) is 22.4. The van der Waals surface area contributed by atoms with E-state index in [1.165, 1.54) is 0 Å². The highest BCUT2D eigenvalue weighted by Crippen LogP contribution is 2.26. The lowest BCUT2D eigenvalue weighted by atomic mass is 10.2. The molecule has 5 nitrogen and oxygen atoms in total. The molecule has 0 aliphatic rings. The quantitative estimate of drug-likeness (QED) is 0.566. The normalized spacial score (nSPS) is 11.5. The van der Waals surface area contributed by atoms with E-state index in [4.69, 9.17) is 9.72 Å². The van der Waals surface area contributed by atoms with Crippen molar-refractivity contribution in [3.63, 3.8) is 0 Å². The maximum atomic E-state index is 13.3. The molecule has 0 aliphatic heterocycles. The molecule has 0 spiro atoms. The highest BCUT2D eigenvalue weighted by atomic mass is 32.1. The molecule has 6 heteroatoms. The number of aromatic nitrogens is 2. The molecule has 2 aromatic heterocycles. The third kappa shape index (κ3) is 4.28. The van der Waals surface area contributed by atoms with Gasteiger partial charge < -0.3 is 4.74 Å². The minimum absolute atomic E-state index is 0.0434. The zero-order chi connectivity index (χ0) is 20.3. The van der Waals surface area contributed by atoms with Crippen LogP contribution in [0.2, 0.25) is 0 Å². The largest absolute Gasteiger partial charge is 0.492 e. The van der Waals surface area contributed by atoms with Gasteiger partial charge in [-0.15, -0.1) is 11.3 Å². The highest BCUT2D eigenvalue weighted by molar-refractivity contribution is 7.18. The molecule has 0 unspecified atom stereocenters. The van der Waals surface area contributed by atoms with Crippen LogP contribution >= 0.6 is 11.3 Å². The van der Waals surface area contributed by atoms with E-state index in [-0.39, 0.29) is 5.56 Å². The molecule has 0 fully saturated rings. The number of hydrogen-bond acceptors (Lipinski definition) is 5. The Bertz CT molecular complexity index is 1020. The van der Waals surface area contributed by atoms with Gasteiger partial charge in [0.05, 0.1) is 18.5 Å². The number of nitrogens with zero attached hydrogens (tertiary/aromatic N) is 3. The van der Waals surface area contributed by atoms with Gasteiger partial charge in [-0.25, -0.2) is 4.98 Å². The van der Waals surface area contributed by atoms with Crippen LogP contribution in [0.3, 0.4) is 0 Å². The lowest BCUT2D eigenvalue weighted by Gasteiger charge is -2.20. The number of rotatable bonds is 8. The third-order valence-electron chi connectivity index (χ3n) is 5.20. The number of benzene rings is 1. The van der Waals surface area contributed by atoms with Crippen LogP contribution in [0.25, 0.3) is 10.2 Å². The van der Waals surface area contributed by atoms with Crippen molar-refractivity contribution in [2.45, 2.75) is 47.7 Å². The van der Waals surface area contributed by atoms with Gasteiger partial charge in [-0.2, -0.15) is 0 Å². The summed E-state index contributed by atoms with van der Waals surface area (Å²) in [6.45, 7) is 13.8. The zero-order valence-corrected chi connectivity index (χ0v) is 18.2. The molecule has 1 aromatic carbocycles. The Balaban J connectivity index is 1.93. The molecule has 0 atom stereocenters. The Labute approximate surface area is 170 Å². The molecule has 150 valence electrons. The lowest BCUT2D eigenvalue weighted by Crippen LogP contribution is -2.32. The van der Waals surface area contributed by atoms with Crippen molar-refractivity contribution >= 4 is 21.6 Å². The Morgan fingerprint density at radius 3 is 2.61 bits per heavy atom. The van der Waals surface area contributed by atoms with E-state index in [1.807, 2.05) is 38.1 Å². The number of ether oxygens (including phenoxy) is 1. The van der Waals surface area contributed by atoms with Crippen LogP contribution in [-0.4, -0.2) is 34.1 Å². The summed E-state index contributed by atoms with van der Waals surface area (Å²) in [5, 5.41) is 0.751. The van der Waals surface area contributed by atoms with Crippen LogP contribution in [0.1, 0.15) is 35.7 Å². The van der Waals surface area contributed by atoms with E-state index in [0.717, 1.165) is 50.9 Å². The molecule has 0 radical (unpaired) electrons. The van der Waals surface area contributed by atoms with Crippen LogP contribution in [0, 0.1) is 20.8 Å². The molecule has 2 heterocycles. The summed E-state index contributed by atoms with van der Waals surface area (Å²) < 4.78 is 7.71. The second kappa shape index (κ2) is 8.88. The van der Waals surface area contributed by atoms with Gasteiger partial charge in [0.15, 0.2) is 0 Å². The lowest BCUT2D eigenvalue weighted by molar-refractivity contribution is 0.266. The van der Waals surface area contributed by atoms with E-state index >= 15 is 0 Å². The van der Waals surface area contributed by atoms with E-state index in [9.17, 15) is 4.79 Å². The van der Waals surface area contributed by atoms with Crippen molar-refractivity contribution < 1.29 is 4.74 Å². The molecule has 0 aliphatic carbocycles. The monoisotopic (exact) mass is 399 g/mol. The summed E-state index contributed by atoms with van der Waals surface area (Å²) in [7, 11) is 0. The van der Waals surface area contributed by atoms with E-state index in [0.29, 0.717) is 19.7 Å². The van der Waals surface area contributed by atoms with Crippen molar-refractivity contribution in [3.8, 4) is 5.75 Å². The van der Waals surface area contributed by atoms with Crippen molar-refractivity contribution in [3.05, 3.63) is 56.4 Å². The number of hydrogen-bond donors (Lipinski definition) is 0. The van der Waals surface area contributed by atoms with Crippen LogP contribution in [0.4, 0.5) is 0 Å². The van der Waals surface area contributed by atoms with Gasteiger partial charge in [-0.1, -0.05) is 26.0 Å². The van der Waals surface area contributed by atoms with Crippen LogP contribution in [-0.2, 0) is 13.1 Å². The SMILES string of the molecule is CCN(CC)Cc1nc2sc(C)c(C)c2c(=O)n1CCOc1cccc(C)c1. The van der Waals surface area contributed by atoms with Gasteiger partial charge in [0.2, 0.25) is 0 Å². The third-order valence-corrected chi connectivity index (χ3v) is 6.30. The first-order chi connectivity index (χ1) is 13.4. The maximum absolute atomic E-state index is 13.3. The standard InChI is InChI=1S/C22H29N3O2S/c1-6-24(7-2)14-19-23-21-20(16(4)17(5)28-21)22(26)25(19)11-12-27-18-10-8-9-15(3)13-18/h8-10,13H,6-7,11-12,14H2,1-5H3. The minimum Gasteiger partial charge on any atom is -0.492 e. The van der Waals surface area contributed by atoms with E-state index in [2.05, 4.69) is 25.7 Å². The minimum atomic E-state index is 0.0434. The van der Waals surface area contributed by atoms with Crippen molar-refractivity contribution in [2.24, 2.45) is 0 Å². The van der Waals surface area contributed by atoms with Crippen molar-refractivity contribution in [2.75, 3.05) is 19.7 Å². The van der Waals surface area contributed by atoms with Gasteiger partial charge >= 0.3 is 0 Å². The number of thiophene rings is 1. The summed E-state index contributed by atoms with van der Waals surface area (Å²) in [6, 6.07) is 7.97. The molecule has 0 bridgehead atoms. The molecule has 28 heavy (non-hydrogen) atoms. The second-order valence-corrected chi connectivity index (χ2v) is 8.28. The Hall–Kier alpha value is -2.18. The Kier molecular flexibility index (Phi) is 6.52. The highest BCUT2D eigenvalue weighted by Gasteiger charge is 2.17. The van der Waals surface area contributed by atoms with Crippen LogP contribution in [0.5, 0.6) is 5.75 Å². The molecular weight excluding hydrogens is 370 g/mol. The fourth-order valence-electron chi connectivity index (χ4n) is 3.33. The summed E-state index contributed by atoms with van der Waals surface area (Å²) in [5.74, 6) is 1.64. The van der Waals surface area contributed by atoms with Gasteiger partial charge in [0.25, 0.3) is 5.56 Å². The average molecular weight is 400 g/mol. The fraction of sp³-hybridized carbons (Fsp3) is 0.455. The molecule has 3 rings (SSSR count). The molecule has 0 N–H and O–H groups in total. The fourth-order valence-corrected chi connectivity index (χ4v) is 4.37. The summed E-state index contributed by atoms with van der Waals surface area (Å²) in [5.41, 5.74) is 2.24. The van der Waals surface area contributed by atoms with Crippen LogP contribution in [0.15, 0.2) is 29.1 Å². The molecule has 3 aromatic rings. The van der Waals surface area contributed by atoms with Gasteiger partial charge in [0.1, 0.15) is 23.0 Å². The smallest absolute Gasteiger partial charge is 0.262 e. The Morgan fingerprint density at radius 1 is 1.18 bits per heavy atom. The first-order valence-corrected chi connectivity index (χ1v) is 10.7. The summed E-state index contributed by atoms with van der Waals surface area (Å²) in [6.07, 6.45) is 0. The maximum Gasteiger partial charge on any atom is 0.262 e. The topological polar surface area (TPSA) is 47.4 Å². The van der Waals surface area contributed by atoms with Gasteiger partial charge in [-0.05, 0) is 57.1 Å². The first kappa shape index (κ1) is 20.6. The average Bonchev–Trinajstić information content (AvgIpc) is 2.96. The summed E-state index contributed by atoms with van der Waals surface area (Å²) >= 11 is 1.61.